The maximum absolute atomic E-state index is 12.3. The predicted molar refractivity (Wildman–Crippen MR) is 92.7 cm³/mol. The summed E-state index contributed by atoms with van der Waals surface area (Å²) in [4.78, 5) is 23.5. The summed E-state index contributed by atoms with van der Waals surface area (Å²) in [6.07, 6.45) is 1.69. The van der Waals surface area contributed by atoms with Gasteiger partial charge in [-0.15, -0.1) is 0 Å². The van der Waals surface area contributed by atoms with Crippen LogP contribution in [0.4, 0.5) is 4.79 Å². The molecule has 1 aromatic rings. The van der Waals surface area contributed by atoms with Gasteiger partial charge in [-0.05, 0) is 37.5 Å². The van der Waals surface area contributed by atoms with E-state index in [9.17, 15) is 9.59 Å². The molecule has 7 nitrogen and oxygen atoms in total. The molecule has 2 fully saturated rings. The number of hydrogen-bond donors (Lipinski definition) is 3. The molecule has 0 bridgehead atoms. The largest absolute Gasteiger partial charge is 0.494 e. The van der Waals surface area contributed by atoms with Crippen molar-refractivity contribution in [1.82, 2.24) is 16.0 Å². The molecule has 3 N–H and O–H groups in total. The van der Waals surface area contributed by atoms with E-state index >= 15 is 0 Å². The van der Waals surface area contributed by atoms with Crippen molar-refractivity contribution in [3.8, 4) is 5.75 Å². The summed E-state index contributed by atoms with van der Waals surface area (Å²) in [7, 11) is 0. The Kier molecular flexibility index (Phi) is 5.43. The lowest BCUT2D eigenvalue weighted by molar-refractivity contribution is -0.122. The summed E-state index contributed by atoms with van der Waals surface area (Å²) in [5, 5.41) is 8.23. The zero-order valence-corrected chi connectivity index (χ0v) is 14.5. The number of ether oxygens (including phenoxy) is 2. The molecule has 2 saturated heterocycles. The average Bonchev–Trinajstić information content (AvgIpc) is 3.08. The number of carbonyl (C=O) groups excluding carboxylic acids is 2. The molecule has 0 saturated carbocycles. The van der Waals surface area contributed by atoms with Crippen LogP contribution in [0.15, 0.2) is 24.3 Å². The molecule has 2 heterocycles. The van der Waals surface area contributed by atoms with Gasteiger partial charge in [0.05, 0.1) is 6.61 Å². The number of nitrogens with one attached hydrogen (secondary N) is 3. The highest BCUT2D eigenvalue weighted by molar-refractivity contribution is 5.90. The molecule has 0 unspecified atom stereocenters. The highest BCUT2D eigenvalue weighted by Gasteiger charge is 2.36. The van der Waals surface area contributed by atoms with E-state index < -0.39 is 6.04 Å². The minimum atomic E-state index is -0.510. The molecule has 3 rings (SSSR count). The molecule has 0 spiro atoms. The van der Waals surface area contributed by atoms with Gasteiger partial charge in [0.15, 0.2) is 0 Å². The Morgan fingerprint density at radius 1 is 1.32 bits per heavy atom. The molecule has 2 aliphatic rings. The smallest absolute Gasteiger partial charge is 0.315 e. The second-order valence-electron chi connectivity index (χ2n) is 6.47. The van der Waals surface area contributed by atoms with E-state index in [1.807, 2.05) is 19.1 Å². The lowest BCUT2D eigenvalue weighted by atomic mass is 9.74. The minimum Gasteiger partial charge on any atom is -0.494 e. The third kappa shape index (κ3) is 4.04. The second kappa shape index (κ2) is 7.74. The van der Waals surface area contributed by atoms with E-state index in [1.165, 1.54) is 5.56 Å². The zero-order valence-electron chi connectivity index (χ0n) is 14.5. The Hall–Kier alpha value is -2.28. The van der Waals surface area contributed by atoms with Crippen LogP contribution in [0.5, 0.6) is 5.75 Å². The zero-order chi connectivity index (χ0) is 17.7. The number of carbonyl (C=O) groups is 2. The summed E-state index contributed by atoms with van der Waals surface area (Å²) in [6, 6.07) is 7.28. The maximum Gasteiger partial charge on any atom is 0.315 e. The first-order valence-corrected chi connectivity index (χ1v) is 8.76. The topological polar surface area (TPSA) is 88.7 Å². The number of benzene rings is 1. The van der Waals surface area contributed by atoms with Crippen LogP contribution in [0.1, 0.15) is 25.3 Å². The molecule has 0 radical (unpaired) electrons. The Bertz CT molecular complexity index is 611. The molecule has 0 aromatic heterocycles. The first-order valence-electron chi connectivity index (χ1n) is 8.76. The Morgan fingerprint density at radius 3 is 2.64 bits per heavy atom. The molecule has 25 heavy (non-hydrogen) atoms. The normalized spacial score (nSPS) is 22.0. The Labute approximate surface area is 147 Å². The van der Waals surface area contributed by atoms with Gasteiger partial charge in [-0.2, -0.15) is 0 Å². The fourth-order valence-electron chi connectivity index (χ4n) is 3.39. The molecule has 0 aliphatic carbocycles. The monoisotopic (exact) mass is 347 g/mol. The molecule has 1 atom stereocenters. The first-order chi connectivity index (χ1) is 12.1. The number of hydrogen-bond acceptors (Lipinski definition) is 4. The van der Waals surface area contributed by atoms with Crippen molar-refractivity contribution in [3.05, 3.63) is 29.8 Å². The van der Waals surface area contributed by atoms with E-state index in [-0.39, 0.29) is 17.4 Å². The quantitative estimate of drug-likeness (QED) is 0.714. The van der Waals surface area contributed by atoms with Crippen molar-refractivity contribution in [1.29, 1.82) is 0 Å². The van der Waals surface area contributed by atoms with Gasteiger partial charge in [0.25, 0.3) is 0 Å². The van der Waals surface area contributed by atoms with Gasteiger partial charge in [0, 0.05) is 31.7 Å². The van der Waals surface area contributed by atoms with Crippen molar-refractivity contribution >= 4 is 11.9 Å². The van der Waals surface area contributed by atoms with E-state index in [1.54, 1.807) is 0 Å². The minimum absolute atomic E-state index is 0.157. The van der Waals surface area contributed by atoms with E-state index in [4.69, 9.17) is 9.47 Å². The van der Waals surface area contributed by atoms with Crippen LogP contribution in [0, 0.1) is 0 Å². The summed E-state index contributed by atoms with van der Waals surface area (Å²) >= 11 is 0. The van der Waals surface area contributed by atoms with Crippen LogP contribution >= 0.6 is 0 Å². The van der Waals surface area contributed by atoms with Crippen molar-refractivity contribution < 1.29 is 19.1 Å². The summed E-state index contributed by atoms with van der Waals surface area (Å²) in [5.41, 5.74) is 1.02. The van der Waals surface area contributed by atoms with E-state index in [2.05, 4.69) is 28.1 Å². The number of rotatable bonds is 6. The van der Waals surface area contributed by atoms with Gasteiger partial charge in [0.1, 0.15) is 11.8 Å². The van der Waals surface area contributed by atoms with Crippen LogP contribution in [0.3, 0.4) is 0 Å². The van der Waals surface area contributed by atoms with Gasteiger partial charge in [0.2, 0.25) is 5.91 Å². The third-order valence-corrected chi connectivity index (χ3v) is 4.92. The molecule has 1 aromatic carbocycles. The fraction of sp³-hybridized carbons (Fsp3) is 0.556. The average molecular weight is 347 g/mol. The van der Waals surface area contributed by atoms with Gasteiger partial charge in [-0.3, -0.25) is 4.79 Å². The van der Waals surface area contributed by atoms with E-state index in [0.717, 1.165) is 18.6 Å². The van der Waals surface area contributed by atoms with Crippen LogP contribution in [0.2, 0.25) is 0 Å². The fourth-order valence-corrected chi connectivity index (χ4v) is 3.39. The summed E-state index contributed by atoms with van der Waals surface area (Å²) in [5.74, 6) is 0.687. The van der Waals surface area contributed by atoms with Crippen LogP contribution in [0.25, 0.3) is 0 Å². The lowest BCUT2D eigenvalue weighted by Crippen LogP contribution is -2.49. The van der Waals surface area contributed by atoms with Crippen LogP contribution < -0.4 is 20.7 Å². The summed E-state index contributed by atoms with van der Waals surface area (Å²) in [6.45, 7) is 4.78. The molecule has 136 valence electrons. The Morgan fingerprint density at radius 2 is 2.04 bits per heavy atom. The summed E-state index contributed by atoms with van der Waals surface area (Å²) < 4.78 is 11.0. The molecule has 3 amide bonds. The first kappa shape index (κ1) is 17.5. The van der Waals surface area contributed by atoms with Gasteiger partial charge in [-0.1, -0.05) is 12.1 Å². The molecule has 2 aliphatic heterocycles. The van der Waals surface area contributed by atoms with Crippen LogP contribution in [-0.4, -0.2) is 50.9 Å². The van der Waals surface area contributed by atoms with E-state index in [0.29, 0.717) is 32.9 Å². The van der Waals surface area contributed by atoms with Crippen molar-refractivity contribution in [2.45, 2.75) is 31.2 Å². The molecule has 7 heteroatoms. The standard InChI is InChI=1S/C18H25N3O4/c1-2-25-14-5-3-13(4-6-14)18(7-9-24-10-8-18)12-20-16(22)15-11-19-17(23)21-15/h3-6,15H,2,7-12H2,1H3,(H,20,22)(H2,19,21,23)/t15-/m1/s1. The predicted octanol–water partition coefficient (Wildman–Crippen LogP) is 0.931. The van der Waals surface area contributed by atoms with Crippen LogP contribution in [-0.2, 0) is 14.9 Å². The van der Waals surface area contributed by atoms with Gasteiger partial charge < -0.3 is 25.4 Å². The third-order valence-electron chi connectivity index (χ3n) is 4.92. The van der Waals surface area contributed by atoms with Gasteiger partial charge in [-0.25, -0.2) is 4.79 Å². The molecular weight excluding hydrogens is 322 g/mol. The highest BCUT2D eigenvalue weighted by atomic mass is 16.5. The molecular formula is C18H25N3O4. The highest BCUT2D eigenvalue weighted by Crippen LogP contribution is 2.35. The van der Waals surface area contributed by atoms with Crippen molar-refractivity contribution in [2.24, 2.45) is 0 Å². The second-order valence-corrected chi connectivity index (χ2v) is 6.47. The Balaban J connectivity index is 1.70. The van der Waals surface area contributed by atoms with Crippen molar-refractivity contribution in [2.75, 3.05) is 32.9 Å². The SMILES string of the molecule is CCOc1ccc(C2(CNC(=O)[C@H]3CNC(=O)N3)CCOCC2)cc1. The number of urea groups is 1. The lowest BCUT2D eigenvalue weighted by Gasteiger charge is -2.38. The maximum atomic E-state index is 12.3. The van der Waals surface area contributed by atoms with Gasteiger partial charge >= 0.3 is 6.03 Å². The van der Waals surface area contributed by atoms with Crippen molar-refractivity contribution in [3.63, 3.8) is 0 Å². The number of amides is 3.